The number of benzene rings is 1. The highest BCUT2D eigenvalue weighted by atomic mass is 32.2. The Labute approximate surface area is 134 Å². The first-order valence-corrected chi connectivity index (χ1v) is 9.10. The van der Waals surface area contributed by atoms with Crippen LogP contribution in [-0.4, -0.2) is 49.5 Å². The minimum Gasteiger partial charge on any atom is -0.467 e. The Hall–Kier alpha value is -2.09. The Kier molecular flexibility index (Phi) is 3.79. The number of nitrogens with one attached hydrogen (secondary N) is 1. The maximum absolute atomic E-state index is 12.5. The van der Waals surface area contributed by atoms with Crippen LogP contribution in [0.5, 0.6) is 0 Å². The zero-order valence-corrected chi connectivity index (χ0v) is 13.6. The number of carbonyl (C=O) groups excluding carboxylic acids is 2. The second-order valence-corrected chi connectivity index (χ2v) is 8.15. The van der Waals surface area contributed by atoms with Gasteiger partial charge in [0.25, 0.3) is 0 Å². The van der Waals surface area contributed by atoms with Gasteiger partial charge in [-0.25, -0.2) is 18.0 Å². The molecule has 0 spiro atoms. The predicted molar refractivity (Wildman–Crippen MR) is 82.2 cm³/mol. The number of esters is 1. The van der Waals surface area contributed by atoms with E-state index in [1.165, 1.54) is 7.11 Å². The third-order valence-electron chi connectivity index (χ3n) is 4.36. The number of ether oxygens (including phenoxy) is 1. The van der Waals surface area contributed by atoms with Gasteiger partial charge in [0.1, 0.15) is 0 Å². The Bertz CT molecular complexity index is 736. The van der Waals surface area contributed by atoms with E-state index in [-0.39, 0.29) is 12.2 Å². The van der Waals surface area contributed by atoms with Crippen molar-refractivity contribution in [2.75, 3.05) is 18.6 Å². The van der Waals surface area contributed by atoms with Gasteiger partial charge in [-0.1, -0.05) is 24.3 Å². The molecule has 2 amide bonds. The molecule has 2 heterocycles. The molecule has 23 heavy (non-hydrogen) atoms. The fourth-order valence-electron chi connectivity index (χ4n) is 3.12. The van der Waals surface area contributed by atoms with E-state index in [9.17, 15) is 18.0 Å². The van der Waals surface area contributed by atoms with Crippen LogP contribution in [0.1, 0.15) is 17.5 Å². The second kappa shape index (κ2) is 5.52. The molecule has 0 radical (unpaired) electrons. The molecule has 1 N–H and O–H groups in total. The Morgan fingerprint density at radius 2 is 1.83 bits per heavy atom. The average molecular weight is 338 g/mol. The Balaban J connectivity index is 1.77. The van der Waals surface area contributed by atoms with Crippen molar-refractivity contribution in [2.45, 2.75) is 25.0 Å². The number of fused-ring (bicyclic) bond motifs is 1. The van der Waals surface area contributed by atoms with Crippen LogP contribution in [0.15, 0.2) is 24.3 Å². The van der Waals surface area contributed by atoms with Crippen LogP contribution in [0.4, 0.5) is 4.79 Å². The quantitative estimate of drug-likeness (QED) is 0.790. The summed E-state index contributed by atoms with van der Waals surface area (Å²) in [5.41, 5.74) is 0.613. The van der Waals surface area contributed by atoms with Gasteiger partial charge in [0.05, 0.1) is 18.6 Å². The summed E-state index contributed by atoms with van der Waals surface area (Å²) in [7, 11) is -2.18. The van der Waals surface area contributed by atoms with Crippen molar-refractivity contribution in [1.29, 1.82) is 0 Å². The summed E-state index contributed by atoms with van der Waals surface area (Å²) in [6, 6.07) is 7.24. The fraction of sp³-hybridized carbons (Fsp3) is 0.467. The van der Waals surface area contributed by atoms with E-state index >= 15 is 0 Å². The van der Waals surface area contributed by atoms with Crippen molar-refractivity contribution in [3.63, 3.8) is 0 Å². The molecule has 1 aromatic rings. The first kappa shape index (κ1) is 15.8. The highest BCUT2D eigenvalue weighted by molar-refractivity contribution is 7.91. The van der Waals surface area contributed by atoms with Crippen LogP contribution in [-0.2, 0) is 32.5 Å². The molecular weight excluding hydrogens is 320 g/mol. The van der Waals surface area contributed by atoms with Crippen molar-refractivity contribution in [1.82, 2.24) is 10.2 Å². The lowest BCUT2D eigenvalue weighted by atomic mass is 9.99. The smallest absolute Gasteiger partial charge is 0.332 e. The summed E-state index contributed by atoms with van der Waals surface area (Å²) in [6.45, 7) is 0.873. The van der Waals surface area contributed by atoms with E-state index in [4.69, 9.17) is 4.74 Å². The number of nitrogens with zero attached hydrogens (tertiary/aromatic N) is 1. The summed E-state index contributed by atoms with van der Waals surface area (Å²) in [5.74, 6) is -1.27. The lowest BCUT2D eigenvalue weighted by Crippen LogP contribution is -2.58. The number of carbonyl (C=O) groups is 2. The molecule has 0 aliphatic carbocycles. The number of rotatable bonds is 2. The molecule has 7 nitrogen and oxygen atoms in total. The summed E-state index contributed by atoms with van der Waals surface area (Å²) in [5, 5.41) is 2.61. The highest BCUT2D eigenvalue weighted by Crippen LogP contribution is 2.27. The Morgan fingerprint density at radius 3 is 2.30 bits per heavy atom. The van der Waals surface area contributed by atoms with E-state index in [1.807, 2.05) is 24.3 Å². The van der Waals surface area contributed by atoms with Gasteiger partial charge in [0.15, 0.2) is 15.4 Å². The number of urea groups is 1. The van der Waals surface area contributed by atoms with Crippen molar-refractivity contribution < 1.29 is 22.7 Å². The highest BCUT2D eigenvalue weighted by Gasteiger charge is 2.51. The number of hydrogen-bond acceptors (Lipinski definition) is 5. The van der Waals surface area contributed by atoms with Crippen LogP contribution < -0.4 is 5.32 Å². The Morgan fingerprint density at radius 1 is 1.22 bits per heavy atom. The molecular formula is C15H18N2O5S. The van der Waals surface area contributed by atoms with E-state index in [1.54, 1.807) is 4.90 Å². The minimum absolute atomic E-state index is 0.0362. The first-order chi connectivity index (χ1) is 10.9. The molecule has 0 aromatic heterocycles. The molecule has 0 bridgehead atoms. The number of sulfone groups is 1. The molecule has 1 fully saturated rings. The van der Waals surface area contributed by atoms with Gasteiger partial charge in [-0.05, 0) is 17.5 Å². The summed E-state index contributed by atoms with van der Waals surface area (Å²) in [6.07, 6.45) is 0.0362. The average Bonchev–Trinajstić information content (AvgIpc) is 3.08. The lowest BCUT2D eigenvalue weighted by molar-refractivity contribution is -0.147. The molecule has 0 saturated carbocycles. The monoisotopic (exact) mass is 338 g/mol. The van der Waals surface area contributed by atoms with E-state index in [0.717, 1.165) is 11.1 Å². The van der Waals surface area contributed by atoms with Crippen molar-refractivity contribution in [2.24, 2.45) is 0 Å². The van der Waals surface area contributed by atoms with E-state index in [2.05, 4.69) is 5.32 Å². The van der Waals surface area contributed by atoms with Gasteiger partial charge in [-0.3, -0.25) is 0 Å². The van der Waals surface area contributed by atoms with Gasteiger partial charge in [-0.2, -0.15) is 0 Å². The largest absolute Gasteiger partial charge is 0.467 e. The van der Waals surface area contributed by atoms with E-state index in [0.29, 0.717) is 13.1 Å². The number of amides is 2. The van der Waals surface area contributed by atoms with Gasteiger partial charge in [-0.15, -0.1) is 0 Å². The van der Waals surface area contributed by atoms with Crippen LogP contribution >= 0.6 is 0 Å². The molecule has 1 saturated heterocycles. The van der Waals surface area contributed by atoms with Gasteiger partial charge < -0.3 is 15.0 Å². The maximum Gasteiger partial charge on any atom is 0.332 e. The predicted octanol–water partition coefficient (Wildman–Crippen LogP) is 0.442. The molecule has 1 atom stereocenters. The van der Waals surface area contributed by atoms with Crippen molar-refractivity contribution in [3.8, 4) is 0 Å². The van der Waals surface area contributed by atoms with E-state index < -0.39 is 33.1 Å². The third kappa shape index (κ3) is 2.90. The molecule has 1 aromatic carbocycles. The van der Waals surface area contributed by atoms with Crippen molar-refractivity contribution in [3.05, 3.63) is 35.4 Å². The van der Waals surface area contributed by atoms with Gasteiger partial charge in [0, 0.05) is 13.1 Å². The molecule has 1 unspecified atom stereocenters. The second-order valence-electron chi connectivity index (χ2n) is 5.97. The summed E-state index contributed by atoms with van der Waals surface area (Å²) < 4.78 is 28.3. The SMILES string of the molecule is COC(=O)C1(NC(=O)N2Cc3ccccc3C2)CCS(=O)(=O)C1. The maximum atomic E-state index is 12.5. The normalized spacial score (nSPS) is 25.0. The first-order valence-electron chi connectivity index (χ1n) is 7.28. The van der Waals surface area contributed by atoms with Crippen molar-refractivity contribution >= 4 is 21.8 Å². The summed E-state index contributed by atoms with van der Waals surface area (Å²) >= 11 is 0. The molecule has 8 heteroatoms. The third-order valence-corrected chi connectivity index (χ3v) is 6.12. The van der Waals surface area contributed by atoms with Gasteiger partial charge in [0.2, 0.25) is 0 Å². The molecule has 2 aliphatic rings. The van der Waals surface area contributed by atoms with Gasteiger partial charge >= 0.3 is 12.0 Å². The molecule has 2 aliphatic heterocycles. The van der Waals surface area contributed by atoms with Crippen LogP contribution in [0.3, 0.4) is 0 Å². The van der Waals surface area contributed by atoms with Crippen LogP contribution in [0.2, 0.25) is 0 Å². The molecule has 124 valence electrons. The zero-order valence-electron chi connectivity index (χ0n) is 12.7. The van der Waals surface area contributed by atoms with Crippen LogP contribution in [0, 0.1) is 0 Å². The number of methoxy groups -OCH3 is 1. The standard InChI is InChI=1S/C15H18N2O5S/c1-22-13(18)15(6-7-23(20,21)10-15)16-14(19)17-8-11-4-2-3-5-12(11)9-17/h2-5H,6-10H2,1H3,(H,16,19). The fourth-order valence-corrected chi connectivity index (χ4v) is 5.00. The zero-order chi connectivity index (χ0) is 16.7. The minimum atomic E-state index is -3.37. The van der Waals surface area contributed by atoms with Crippen LogP contribution in [0.25, 0.3) is 0 Å². The number of hydrogen-bond donors (Lipinski definition) is 1. The topological polar surface area (TPSA) is 92.8 Å². The molecule has 3 rings (SSSR count). The summed E-state index contributed by atoms with van der Waals surface area (Å²) in [4.78, 5) is 26.1. The lowest BCUT2D eigenvalue weighted by Gasteiger charge is -2.28.